The summed E-state index contributed by atoms with van der Waals surface area (Å²) in [7, 11) is 0. The van der Waals surface area contributed by atoms with E-state index in [2.05, 4.69) is 50.4 Å². The van der Waals surface area contributed by atoms with Gasteiger partial charge in [0.05, 0.1) is 18.8 Å². The molecule has 3 aliphatic heterocycles. The molecule has 1 saturated heterocycles. The topological polar surface area (TPSA) is 50.8 Å². The Morgan fingerprint density at radius 3 is 2.58 bits per heavy atom. The van der Waals surface area contributed by atoms with Crippen LogP contribution in [0, 0.1) is 0 Å². The number of allylic oxidation sites excluding steroid dienone is 1. The van der Waals surface area contributed by atoms with Crippen LogP contribution in [0.25, 0.3) is 11.1 Å². The molecule has 0 bridgehead atoms. The quantitative estimate of drug-likeness (QED) is 0.638. The molecule has 1 amide bonds. The van der Waals surface area contributed by atoms with Crippen LogP contribution < -0.4 is 5.32 Å². The average Bonchev–Trinajstić information content (AvgIpc) is 3.23. The molecule has 0 unspecified atom stereocenters. The molecule has 0 atom stereocenters. The van der Waals surface area contributed by atoms with E-state index in [1.165, 1.54) is 5.56 Å². The number of ether oxygens (including phenoxy) is 2. The minimum atomic E-state index is -0.525. The number of benzene rings is 2. The molecule has 5 rings (SSSR count). The minimum absolute atomic E-state index is 0.128. The number of hydrogen-bond donors (Lipinski definition) is 1. The van der Waals surface area contributed by atoms with E-state index in [1.54, 1.807) is 0 Å². The number of halogens is 1. The smallest absolute Gasteiger partial charge is 0.260 e. The number of hydrogen-bond acceptors (Lipinski definition) is 4. The van der Waals surface area contributed by atoms with Gasteiger partial charge in [0.1, 0.15) is 11.4 Å². The first-order chi connectivity index (χ1) is 14.9. The van der Waals surface area contributed by atoms with Crippen molar-refractivity contribution in [3.63, 3.8) is 0 Å². The summed E-state index contributed by atoms with van der Waals surface area (Å²) < 4.78 is 12.7. The molecule has 2 aromatic rings. The van der Waals surface area contributed by atoms with Crippen molar-refractivity contribution in [1.29, 1.82) is 0 Å². The molecular weight excluding hydrogens is 456 g/mol. The van der Waals surface area contributed by atoms with Crippen molar-refractivity contribution in [3.8, 4) is 0 Å². The highest BCUT2D eigenvalue weighted by Gasteiger charge is 2.38. The van der Waals surface area contributed by atoms with Gasteiger partial charge in [-0.3, -0.25) is 9.69 Å². The zero-order valence-electron chi connectivity index (χ0n) is 17.7. The second kappa shape index (κ2) is 7.93. The summed E-state index contributed by atoms with van der Waals surface area (Å²) in [6.45, 7) is 8.59. The summed E-state index contributed by atoms with van der Waals surface area (Å²) in [6, 6.07) is 14.5. The predicted molar refractivity (Wildman–Crippen MR) is 125 cm³/mol. The lowest BCUT2D eigenvalue weighted by molar-refractivity contribution is -0.111. The van der Waals surface area contributed by atoms with Crippen molar-refractivity contribution < 1.29 is 14.3 Å². The molecule has 0 spiro atoms. The van der Waals surface area contributed by atoms with Gasteiger partial charge < -0.3 is 14.8 Å². The normalized spacial score (nSPS) is 22.7. The second-order valence-corrected chi connectivity index (χ2v) is 9.55. The van der Waals surface area contributed by atoms with Crippen molar-refractivity contribution in [2.24, 2.45) is 0 Å². The monoisotopic (exact) mass is 480 g/mol. The summed E-state index contributed by atoms with van der Waals surface area (Å²) in [5, 5.41) is 2.94. The van der Waals surface area contributed by atoms with Gasteiger partial charge in [0.2, 0.25) is 0 Å². The van der Waals surface area contributed by atoms with Crippen LogP contribution in [0.4, 0.5) is 5.69 Å². The van der Waals surface area contributed by atoms with Crippen LogP contribution in [0.3, 0.4) is 0 Å². The Morgan fingerprint density at radius 1 is 1.10 bits per heavy atom. The van der Waals surface area contributed by atoms with E-state index in [4.69, 9.17) is 9.47 Å². The van der Waals surface area contributed by atoms with E-state index in [-0.39, 0.29) is 5.91 Å². The molecule has 0 radical (unpaired) electrons. The molecule has 6 heteroatoms. The molecule has 0 saturated carbocycles. The first-order valence-corrected chi connectivity index (χ1v) is 11.4. The number of nitrogens with one attached hydrogen (secondary N) is 1. The van der Waals surface area contributed by atoms with Crippen LogP contribution in [0.1, 0.15) is 30.5 Å². The van der Waals surface area contributed by atoms with Crippen molar-refractivity contribution in [3.05, 3.63) is 75.5 Å². The Morgan fingerprint density at radius 2 is 1.84 bits per heavy atom. The number of nitrogens with zero attached hydrogens (tertiary/aromatic N) is 1. The highest BCUT2D eigenvalue weighted by Crippen LogP contribution is 2.44. The van der Waals surface area contributed by atoms with Crippen LogP contribution in [-0.2, 0) is 20.8 Å². The van der Waals surface area contributed by atoms with Gasteiger partial charge in [0.15, 0.2) is 0 Å². The van der Waals surface area contributed by atoms with Gasteiger partial charge in [-0.2, -0.15) is 0 Å². The molecule has 31 heavy (non-hydrogen) atoms. The van der Waals surface area contributed by atoms with Crippen LogP contribution in [0.2, 0.25) is 0 Å². The van der Waals surface area contributed by atoms with Gasteiger partial charge in [0.25, 0.3) is 5.91 Å². The molecule has 2 aromatic carbocycles. The predicted octanol–water partition coefficient (Wildman–Crippen LogP) is 4.84. The Kier molecular flexibility index (Phi) is 5.24. The number of anilines is 1. The van der Waals surface area contributed by atoms with E-state index in [9.17, 15) is 4.79 Å². The van der Waals surface area contributed by atoms with Gasteiger partial charge >= 0.3 is 0 Å². The van der Waals surface area contributed by atoms with Crippen LogP contribution in [-0.4, -0.2) is 42.7 Å². The lowest BCUT2D eigenvalue weighted by atomic mass is 9.91. The zero-order valence-corrected chi connectivity index (χ0v) is 19.3. The molecule has 3 heterocycles. The van der Waals surface area contributed by atoms with E-state index < -0.39 is 5.60 Å². The second-order valence-electron chi connectivity index (χ2n) is 8.64. The van der Waals surface area contributed by atoms with E-state index in [0.717, 1.165) is 59.7 Å². The molecular formula is C25H25BrN2O3. The summed E-state index contributed by atoms with van der Waals surface area (Å²) in [5.41, 5.74) is 5.21. The zero-order chi connectivity index (χ0) is 21.6. The fourth-order valence-electron chi connectivity index (χ4n) is 4.41. The third-order valence-corrected chi connectivity index (χ3v) is 6.53. The molecule has 1 fully saturated rings. The van der Waals surface area contributed by atoms with Gasteiger partial charge in [-0.1, -0.05) is 40.2 Å². The van der Waals surface area contributed by atoms with E-state index in [0.29, 0.717) is 11.3 Å². The van der Waals surface area contributed by atoms with Crippen molar-refractivity contribution >= 4 is 38.7 Å². The lowest BCUT2D eigenvalue weighted by Gasteiger charge is -2.27. The van der Waals surface area contributed by atoms with Gasteiger partial charge in [-0.05, 0) is 49.2 Å². The molecule has 1 N–H and O–H groups in total. The average molecular weight is 481 g/mol. The molecule has 0 aromatic heterocycles. The first-order valence-electron chi connectivity index (χ1n) is 10.6. The molecule has 5 nitrogen and oxygen atoms in total. The Bertz CT molecular complexity index is 1100. The van der Waals surface area contributed by atoms with Crippen molar-refractivity contribution in [1.82, 2.24) is 4.90 Å². The van der Waals surface area contributed by atoms with Crippen molar-refractivity contribution in [2.45, 2.75) is 26.0 Å². The number of rotatable bonds is 3. The largest absolute Gasteiger partial charge is 0.482 e. The third kappa shape index (κ3) is 3.95. The fourth-order valence-corrected chi connectivity index (χ4v) is 4.77. The molecule has 0 aliphatic carbocycles. The number of morpholine rings is 1. The molecule has 3 aliphatic rings. The highest BCUT2D eigenvalue weighted by atomic mass is 79.9. The standard InChI is InChI=1S/C25H25BrN2O3/c1-25(2)20(17-5-3-16(4-6-17)15-28-9-11-30-12-10-28)14-22(31-25)23-19-13-18(26)7-8-21(19)27-24(23)29/h3-8,13-14H,9-12,15H2,1-2H3,(H,27,29)/b23-22+. The maximum Gasteiger partial charge on any atom is 0.260 e. The van der Waals surface area contributed by atoms with Crippen LogP contribution in [0.5, 0.6) is 0 Å². The number of carbonyl (C=O) groups excluding carboxylic acids is 1. The summed E-state index contributed by atoms with van der Waals surface area (Å²) >= 11 is 3.51. The van der Waals surface area contributed by atoms with Crippen molar-refractivity contribution in [2.75, 3.05) is 31.6 Å². The summed E-state index contributed by atoms with van der Waals surface area (Å²) in [5.74, 6) is 0.490. The van der Waals surface area contributed by atoms with Gasteiger partial charge in [0, 0.05) is 40.9 Å². The maximum atomic E-state index is 12.7. The number of fused-ring (bicyclic) bond motifs is 1. The first kappa shape index (κ1) is 20.5. The van der Waals surface area contributed by atoms with Crippen LogP contribution >= 0.6 is 15.9 Å². The van der Waals surface area contributed by atoms with Gasteiger partial charge in [-0.25, -0.2) is 0 Å². The lowest BCUT2D eigenvalue weighted by Crippen LogP contribution is -2.35. The van der Waals surface area contributed by atoms with Crippen LogP contribution in [0.15, 0.2) is 58.8 Å². The number of carbonyl (C=O) groups is 1. The summed E-state index contributed by atoms with van der Waals surface area (Å²) in [6.07, 6.45) is 2.02. The Balaban J connectivity index is 1.46. The van der Waals surface area contributed by atoms with Gasteiger partial charge in [-0.15, -0.1) is 0 Å². The summed E-state index contributed by atoms with van der Waals surface area (Å²) in [4.78, 5) is 15.1. The van der Waals surface area contributed by atoms with E-state index in [1.807, 2.05) is 38.1 Å². The minimum Gasteiger partial charge on any atom is -0.482 e. The molecule has 160 valence electrons. The highest BCUT2D eigenvalue weighted by molar-refractivity contribution is 9.10. The Hall–Kier alpha value is -2.41. The van der Waals surface area contributed by atoms with E-state index >= 15 is 0 Å². The fraction of sp³-hybridized carbons (Fsp3) is 0.320. The third-order valence-electron chi connectivity index (χ3n) is 6.04. The SMILES string of the molecule is CC1(C)O/C(=C2/C(=O)Nc3ccc(Br)cc32)C=C1c1ccc(CN2CCOCC2)cc1. The maximum absolute atomic E-state index is 12.7. The number of amides is 1. The Labute approximate surface area is 190 Å².